The van der Waals surface area contributed by atoms with E-state index in [1.54, 1.807) is 14.2 Å². The second-order valence-electron chi connectivity index (χ2n) is 5.50. The highest BCUT2D eigenvalue weighted by atomic mass is 16.8. The summed E-state index contributed by atoms with van der Waals surface area (Å²) in [5.41, 5.74) is 0.722. The highest BCUT2D eigenvalue weighted by Crippen LogP contribution is 2.44. The quantitative estimate of drug-likeness (QED) is 0.804. The molecule has 1 aromatic rings. The number of benzene rings is 1. The van der Waals surface area contributed by atoms with Crippen LogP contribution in [0.2, 0.25) is 0 Å². The van der Waals surface area contributed by atoms with Crippen molar-refractivity contribution in [2.24, 2.45) is 0 Å². The molecule has 0 aromatic heterocycles. The van der Waals surface area contributed by atoms with Crippen molar-refractivity contribution in [1.82, 2.24) is 0 Å². The Balaban J connectivity index is 1.66. The monoisotopic (exact) mass is 294 g/mol. The van der Waals surface area contributed by atoms with Crippen LogP contribution in [-0.2, 0) is 25.6 Å². The van der Waals surface area contributed by atoms with Gasteiger partial charge in [-0.15, -0.1) is 0 Å². The molecule has 5 heteroatoms. The Hall–Kier alpha value is -1.14. The van der Waals surface area contributed by atoms with E-state index in [0.717, 1.165) is 17.7 Å². The van der Waals surface area contributed by atoms with Crippen LogP contribution in [0, 0.1) is 0 Å². The molecule has 1 aromatic carbocycles. The molecule has 116 valence electrons. The van der Waals surface area contributed by atoms with Crippen LogP contribution in [0.1, 0.15) is 18.9 Å². The summed E-state index contributed by atoms with van der Waals surface area (Å²) < 4.78 is 28.4. The molecule has 4 atom stereocenters. The van der Waals surface area contributed by atoms with Gasteiger partial charge in [0.05, 0.1) is 20.3 Å². The molecule has 0 saturated carbocycles. The minimum atomic E-state index is -0.377. The zero-order valence-corrected chi connectivity index (χ0v) is 12.7. The highest BCUT2D eigenvalue weighted by Gasteiger charge is 2.61. The average Bonchev–Trinajstić information content (AvgIpc) is 3.05. The summed E-state index contributed by atoms with van der Waals surface area (Å²) in [5.74, 6) is 0.843. The standard InChI is InChI=1S/C16H22O5/c1-4-16-10-20-13(15(18-3)21-16)14(16)19-9-11-5-7-12(17-2)8-6-11/h5-8,13-15H,4,9-10H2,1-3H3/t13-,14?,15?,16-/m0/s1. The molecule has 0 amide bonds. The summed E-state index contributed by atoms with van der Waals surface area (Å²) >= 11 is 0. The Bertz CT molecular complexity index is 474. The molecule has 0 aliphatic carbocycles. The lowest BCUT2D eigenvalue weighted by Crippen LogP contribution is -2.41. The fourth-order valence-electron chi connectivity index (χ4n) is 3.05. The number of hydrogen-bond donors (Lipinski definition) is 0. The molecular weight excluding hydrogens is 272 g/mol. The minimum Gasteiger partial charge on any atom is -0.497 e. The third-order valence-electron chi connectivity index (χ3n) is 4.38. The second-order valence-corrected chi connectivity index (χ2v) is 5.50. The van der Waals surface area contributed by atoms with E-state index in [1.807, 2.05) is 24.3 Å². The topological polar surface area (TPSA) is 46.2 Å². The van der Waals surface area contributed by atoms with E-state index in [9.17, 15) is 0 Å². The lowest BCUT2D eigenvalue weighted by atomic mass is 9.96. The van der Waals surface area contributed by atoms with E-state index in [2.05, 4.69) is 6.92 Å². The summed E-state index contributed by atoms with van der Waals surface area (Å²) in [4.78, 5) is 0. The predicted octanol–water partition coefficient (Wildman–Crippen LogP) is 2.13. The molecule has 2 unspecified atom stereocenters. The van der Waals surface area contributed by atoms with Gasteiger partial charge < -0.3 is 23.7 Å². The lowest BCUT2D eigenvalue weighted by molar-refractivity contribution is -0.235. The molecule has 2 heterocycles. The number of hydrogen-bond acceptors (Lipinski definition) is 5. The largest absolute Gasteiger partial charge is 0.497 e. The molecule has 2 fully saturated rings. The fraction of sp³-hybridized carbons (Fsp3) is 0.625. The summed E-state index contributed by atoms with van der Waals surface area (Å²) in [6, 6.07) is 7.87. The summed E-state index contributed by atoms with van der Waals surface area (Å²) in [5, 5.41) is 0. The Labute approximate surface area is 125 Å². The van der Waals surface area contributed by atoms with Crippen molar-refractivity contribution in [3.8, 4) is 5.75 Å². The van der Waals surface area contributed by atoms with Crippen LogP contribution in [0.15, 0.2) is 24.3 Å². The molecule has 3 rings (SSSR count). The molecule has 2 aliphatic heterocycles. The zero-order valence-electron chi connectivity index (χ0n) is 12.7. The SMILES string of the molecule is CC[C@@]12CO[C@H](C(OC)O1)C2OCc1ccc(OC)cc1. The second kappa shape index (κ2) is 5.93. The van der Waals surface area contributed by atoms with Crippen molar-refractivity contribution < 1.29 is 23.7 Å². The molecular formula is C16H22O5. The van der Waals surface area contributed by atoms with Crippen LogP contribution >= 0.6 is 0 Å². The first kappa shape index (κ1) is 14.8. The fourth-order valence-corrected chi connectivity index (χ4v) is 3.05. The molecule has 2 saturated heterocycles. The van der Waals surface area contributed by atoms with Crippen molar-refractivity contribution in [1.29, 1.82) is 0 Å². The molecule has 21 heavy (non-hydrogen) atoms. The molecule has 2 bridgehead atoms. The van der Waals surface area contributed by atoms with Gasteiger partial charge in [0, 0.05) is 7.11 Å². The first-order valence-corrected chi connectivity index (χ1v) is 7.29. The van der Waals surface area contributed by atoms with Crippen molar-refractivity contribution in [2.75, 3.05) is 20.8 Å². The number of fused-ring (bicyclic) bond motifs is 2. The van der Waals surface area contributed by atoms with Gasteiger partial charge >= 0.3 is 0 Å². The van der Waals surface area contributed by atoms with Crippen LogP contribution in [0.25, 0.3) is 0 Å². The molecule has 2 aliphatic rings. The maximum Gasteiger partial charge on any atom is 0.186 e. The Morgan fingerprint density at radius 3 is 2.62 bits per heavy atom. The van der Waals surface area contributed by atoms with Crippen molar-refractivity contribution in [2.45, 2.75) is 44.1 Å². The number of ether oxygens (including phenoxy) is 5. The van der Waals surface area contributed by atoms with Gasteiger partial charge in [0.25, 0.3) is 0 Å². The van der Waals surface area contributed by atoms with E-state index in [4.69, 9.17) is 23.7 Å². The van der Waals surface area contributed by atoms with Crippen LogP contribution in [0.4, 0.5) is 0 Å². The number of rotatable bonds is 6. The smallest absolute Gasteiger partial charge is 0.186 e. The van der Waals surface area contributed by atoms with Gasteiger partial charge in [0.1, 0.15) is 23.6 Å². The molecule has 0 N–H and O–H groups in total. The van der Waals surface area contributed by atoms with E-state index < -0.39 is 0 Å². The third-order valence-corrected chi connectivity index (χ3v) is 4.38. The van der Waals surface area contributed by atoms with Gasteiger partial charge in [-0.2, -0.15) is 0 Å². The molecule has 0 spiro atoms. The van der Waals surface area contributed by atoms with Crippen LogP contribution < -0.4 is 4.74 Å². The van der Waals surface area contributed by atoms with Gasteiger partial charge in [-0.3, -0.25) is 0 Å². The lowest BCUT2D eigenvalue weighted by Gasteiger charge is -2.29. The van der Waals surface area contributed by atoms with Gasteiger partial charge in [-0.1, -0.05) is 19.1 Å². The molecule has 0 radical (unpaired) electrons. The van der Waals surface area contributed by atoms with E-state index >= 15 is 0 Å². The highest BCUT2D eigenvalue weighted by molar-refractivity contribution is 5.26. The Kier molecular flexibility index (Phi) is 4.17. The summed E-state index contributed by atoms with van der Waals surface area (Å²) in [6.45, 7) is 3.19. The van der Waals surface area contributed by atoms with Crippen LogP contribution in [-0.4, -0.2) is 44.9 Å². The van der Waals surface area contributed by atoms with Gasteiger partial charge in [-0.05, 0) is 24.1 Å². The predicted molar refractivity (Wildman–Crippen MR) is 76.2 cm³/mol. The van der Waals surface area contributed by atoms with Crippen molar-refractivity contribution >= 4 is 0 Å². The maximum atomic E-state index is 6.11. The first-order chi connectivity index (χ1) is 10.2. The number of methoxy groups -OCH3 is 2. The average molecular weight is 294 g/mol. The van der Waals surface area contributed by atoms with Gasteiger partial charge in [-0.25, -0.2) is 0 Å². The van der Waals surface area contributed by atoms with Gasteiger partial charge in [0.2, 0.25) is 0 Å². The van der Waals surface area contributed by atoms with Crippen molar-refractivity contribution in [3.63, 3.8) is 0 Å². The minimum absolute atomic E-state index is 0.0884. The van der Waals surface area contributed by atoms with E-state index in [0.29, 0.717) is 13.2 Å². The van der Waals surface area contributed by atoms with Crippen molar-refractivity contribution in [3.05, 3.63) is 29.8 Å². The molecule has 5 nitrogen and oxygen atoms in total. The van der Waals surface area contributed by atoms with Crippen LogP contribution in [0.3, 0.4) is 0 Å². The summed E-state index contributed by atoms with van der Waals surface area (Å²) in [6.07, 6.45) is 0.277. The zero-order chi connectivity index (χ0) is 14.9. The summed E-state index contributed by atoms with van der Waals surface area (Å²) in [7, 11) is 3.30. The van der Waals surface area contributed by atoms with E-state index in [1.165, 1.54) is 0 Å². The van der Waals surface area contributed by atoms with E-state index in [-0.39, 0.29) is 24.1 Å². The normalized spacial score (nSPS) is 34.3. The maximum absolute atomic E-state index is 6.11. The van der Waals surface area contributed by atoms with Gasteiger partial charge in [0.15, 0.2) is 6.29 Å². The third kappa shape index (κ3) is 2.55. The Morgan fingerprint density at radius 2 is 2.00 bits per heavy atom. The first-order valence-electron chi connectivity index (χ1n) is 7.29. The van der Waals surface area contributed by atoms with Crippen LogP contribution in [0.5, 0.6) is 5.75 Å². The Morgan fingerprint density at radius 1 is 1.24 bits per heavy atom.